The number of nitriles is 1. The molecule has 0 spiro atoms. The Labute approximate surface area is 133 Å². The molecule has 124 valence electrons. The molecule has 23 heavy (non-hydrogen) atoms. The lowest BCUT2D eigenvalue weighted by molar-refractivity contribution is -0.198. The lowest BCUT2D eigenvalue weighted by Crippen LogP contribution is -2.43. The number of rotatable bonds is 3. The highest BCUT2D eigenvalue weighted by Crippen LogP contribution is 2.41. The third-order valence-corrected chi connectivity index (χ3v) is 4.42. The SMILES string of the molecule is C[C@H](NC(=O)[C@H]1CCCC[C@H]1C(F)(F)F)c1ccc(C#N)cc1. The molecule has 1 N–H and O–H groups in total. The topological polar surface area (TPSA) is 52.9 Å². The lowest BCUT2D eigenvalue weighted by atomic mass is 9.78. The molecule has 0 radical (unpaired) electrons. The summed E-state index contributed by atoms with van der Waals surface area (Å²) in [6.45, 7) is 1.73. The van der Waals surface area contributed by atoms with Crippen LogP contribution >= 0.6 is 0 Å². The van der Waals surface area contributed by atoms with Crippen LogP contribution < -0.4 is 5.32 Å². The Hall–Kier alpha value is -2.03. The van der Waals surface area contributed by atoms with E-state index in [-0.39, 0.29) is 12.8 Å². The standard InChI is InChI=1S/C17H19F3N2O/c1-11(13-8-6-12(10-21)7-9-13)22-16(23)14-4-2-3-5-15(14)17(18,19)20/h6-9,11,14-15H,2-5H2,1H3,(H,22,23)/t11-,14-,15+/m0/s1. The number of amides is 1. The molecule has 3 nitrogen and oxygen atoms in total. The molecule has 1 aromatic rings. The minimum atomic E-state index is -4.33. The number of benzene rings is 1. The van der Waals surface area contributed by atoms with Crippen LogP contribution in [0.15, 0.2) is 24.3 Å². The van der Waals surface area contributed by atoms with Gasteiger partial charge in [0.25, 0.3) is 0 Å². The Bertz CT molecular complexity index is 589. The van der Waals surface area contributed by atoms with Crippen LogP contribution in [0.5, 0.6) is 0 Å². The number of nitrogens with zero attached hydrogens (tertiary/aromatic N) is 1. The van der Waals surface area contributed by atoms with Crippen LogP contribution in [0.2, 0.25) is 0 Å². The van der Waals surface area contributed by atoms with E-state index >= 15 is 0 Å². The van der Waals surface area contributed by atoms with Crippen molar-refractivity contribution in [3.8, 4) is 6.07 Å². The molecule has 1 aromatic carbocycles. The Morgan fingerprint density at radius 1 is 1.26 bits per heavy atom. The summed E-state index contributed by atoms with van der Waals surface area (Å²) in [5.41, 5.74) is 1.26. The summed E-state index contributed by atoms with van der Waals surface area (Å²) < 4.78 is 39.3. The minimum absolute atomic E-state index is 0.0207. The summed E-state index contributed by atoms with van der Waals surface area (Å²) in [7, 11) is 0. The molecule has 1 aliphatic carbocycles. The number of carbonyl (C=O) groups is 1. The van der Waals surface area contributed by atoms with Gasteiger partial charge in [0.15, 0.2) is 0 Å². The number of nitrogens with one attached hydrogen (secondary N) is 1. The molecule has 1 amide bonds. The highest BCUT2D eigenvalue weighted by molar-refractivity contribution is 5.79. The van der Waals surface area contributed by atoms with Crippen molar-refractivity contribution in [2.45, 2.75) is 44.8 Å². The van der Waals surface area contributed by atoms with Gasteiger partial charge in [0.1, 0.15) is 0 Å². The number of carbonyl (C=O) groups excluding carboxylic acids is 1. The number of hydrogen-bond acceptors (Lipinski definition) is 2. The highest BCUT2D eigenvalue weighted by Gasteiger charge is 2.48. The molecule has 3 atom stereocenters. The number of halogens is 3. The van der Waals surface area contributed by atoms with Gasteiger partial charge in [-0.25, -0.2) is 0 Å². The van der Waals surface area contributed by atoms with Gasteiger partial charge < -0.3 is 5.32 Å². The molecule has 0 aromatic heterocycles. The normalized spacial score (nSPS) is 22.9. The third kappa shape index (κ3) is 4.25. The van der Waals surface area contributed by atoms with E-state index in [4.69, 9.17) is 5.26 Å². The molecule has 0 saturated heterocycles. The quantitative estimate of drug-likeness (QED) is 0.910. The van der Waals surface area contributed by atoms with Crippen molar-refractivity contribution in [3.05, 3.63) is 35.4 Å². The molecule has 1 fully saturated rings. The first kappa shape index (κ1) is 17.3. The second kappa shape index (κ2) is 7.03. The van der Waals surface area contributed by atoms with Crippen LogP contribution in [0, 0.1) is 23.2 Å². The summed E-state index contributed by atoms with van der Waals surface area (Å²) in [4.78, 5) is 12.3. The molecule has 1 aliphatic rings. The van der Waals surface area contributed by atoms with Gasteiger partial charge in [-0.05, 0) is 37.5 Å². The molecule has 2 rings (SSSR count). The Morgan fingerprint density at radius 2 is 1.87 bits per heavy atom. The zero-order valence-electron chi connectivity index (χ0n) is 12.9. The van der Waals surface area contributed by atoms with Crippen LogP contribution in [-0.2, 0) is 4.79 Å². The van der Waals surface area contributed by atoms with Gasteiger partial charge >= 0.3 is 6.18 Å². The lowest BCUT2D eigenvalue weighted by Gasteiger charge is -2.32. The molecule has 0 heterocycles. The van der Waals surface area contributed by atoms with Crippen molar-refractivity contribution >= 4 is 5.91 Å². The Kier molecular flexibility index (Phi) is 5.30. The van der Waals surface area contributed by atoms with E-state index < -0.39 is 30.0 Å². The predicted octanol–water partition coefficient (Wildman–Crippen LogP) is 4.10. The average Bonchev–Trinajstić information content (AvgIpc) is 2.54. The monoisotopic (exact) mass is 324 g/mol. The van der Waals surface area contributed by atoms with Gasteiger partial charge in [0.2, 0.25) is 5.91 Å². The Morgan fingerprint density at radius 3 is 2.43 bits per heavy atom. The summed E-state index contributed by atoms with van der Waals surface area (Å²) in [6, 6.07) is 8.24. The largest absolute Gasteiger partial charge is 0.392 e. The fraction of sp³-hybridized carbons (Fsp3) is 0.529. The van der Waals surface area contributed by atoms with E-state index in [1.165, 1.54) is 0 Å². The maximum atomic E-state index is 13.1. The van der Waals surface area contributed by atoms with E-state index in [0.717, 1.165) is 5.56 Å². The van der Waals surface area contributed by atoms with Crippen molar-refractivity contribution in [2.75, 3.05) is 0 Å². The van der Waals surface area contributed by atoms with Crippen molar-refractivity contribution in [3.63, 3.8) is 0 Å². The van der Waals surface area contributed by atoms with Gasteiger partial charge in [-0.2, -0.15) is 18.4 Å². The minimum Gasteiger partial charge on any atom is -0.349 e. The summed E-state index contributed by atoms with van der Waals surface area (Å²) in [5, 5.41) is 11.4. The zero-order chi connectivity index (χ0) is 17.0. The Balaban J connectivity index is 2.05. The van der Waals surface area contributed by atoms with Crippen LogP contribution in [0.4, 0.5) is 13.2 Å². The van der Waals surface area contributed by atoms with Gasteiger partial charge in [-0.15, -0.1) is 0 Å². The van der Waals surface area contributed by atoms with Gasteiger partial charge in [0.05, 0.1) is 23.6 Å². The van der Waals surface area contributed by atoms with E-state index in [1.807, 2.05) is 6.07 Å². The average molecular weight is 324 g/mol. The fourth-order valence-corrected chi connectivity index (χ4v) is 3.09. The highest BCUT2D eigenvalue weighted by atomic mass is 19.4. The number of hydrogen-bond donors (Lipinski definition) is 1. The van der Waals surface area contributed by atoms with E-state index in [0.29, 0.717) is 18.4 Å². The molecular weight excluding hydrogens is 305 g/mol. The van der Waals surface area contributed by atoms with Crippen molar-refractivity contribution in [1.82, 2.24) is 5.32 Å². The first-order valence-corrected chi connectivity index (χ1v) is 7.70. The van der Waals surface area contributed by atoms with Crippen LogP contribution in [-0.4, -0.2) is 12.1 Å². The first-order chi connectivity index (χ1) is 10.8. The van der Waals surface area contributed by atoms with Gasteiger partial charge in [-0.1, -0.05) is 25.0 Å². The maximum Gasteiger partial charge on any atom is 0.392 e. The second-order valence-electron chi connectivity index (χ2n) is 6.00. The van der Waals surface area contributed by atoms with E-state index in [2.05, 4.69) is 5.32 Å². The maximum absolute atomic E-state index is 13.1. The van der Waals surface area contributed by atoms with Crippen molar-refractivity contribution in [2.24, 2.45) is 11.8 Å². The van der Waals surface area contributed by atoms with Crippen LogP contribution in [0.1, 0.15) is 49.8 Å². The van der Waals surface area contributed by atoms with Crippen molar-refractivity contribution in [1.29, 1.82) is 5.26 Å². The molecule has 6 heteroatoms. The smallest absolute Gasteiger partial charge is 0.349 e. The van der Waals surface area contributed by atoms with Crippen molar-refractivity contribution < 1.29 is 18.0 Å². The molecule has 0 aliphatic heterocycles. The fourth-order valence-electron chi connectivity index (χ4n) is 3.09. The van der Waals surface area contributed by atoms with E-state index in [1.54, 1.807) is 31.2 Å². The van der Waals surface area contributed by atoms with Crippen LogP contribution in [0.25, 0.3) is 0 Å². The number of alkyl halides is 3. The predicted molar refractivity (Wildman–Crippen MR) is 79.2 cm³/mol. The third-order valence-electron chi connectivity index (χ3n) is 4.42. The first-order valence-electron chi connectivity index (χ1n) is 7.70. The van der Waals surface area contributed by atoms with E-state index in [9.17, 15) is 18.0 Å². The summed E-state index contributed by atoms with van der Waals surface area (Å²) in [5.74, 6) is -3.10. The van der Waals surface area contributed by atoms with Gasteiger partial charge in [0, 0.05) is 5.92 Å². The molecular formula is C17H19F3N2O. The molecule has 0 bridgehead atoms. The van der Waals surface area contributed by atoms with Crippen LogP contribution in [0.3, 0.4) is 0 Å². The van der Waals surface area contributed by atoms with Gasteiger partial charge in [-0.3, -0.25) is 4.79 Å². The second-order valence-corrected chi connectivity index (χ2v) is 6.00. The summed E-state index contributed by atoms with van der Waals surface area (Å²) in [6.07, 6.45) is -2.88. The summed E-state index contributed by atoms with van der Waals surface area (Å²) >= 11 is 0. The zero-order valence-corrected chi connectivity index (χ0v) is 12.9. The molecule has 1 saturated carbocycles. The molecule has 0 unspecified atom stereocenters.